The summed E-state index contributed by atoms with van der Waals surface area (Å²) in [5.41, 5.74) is 4.90. The van der Waals surface area contributed by atoms with E-state index in [9.17, 15) is 9.59 Å². The van der Waals surface area contributed by atoms with E-state index in [4.69, 9.17) is 5.73 Å². The Morgan fingerprint density at radius 3 is 2.50 bits per heavy atom. The first kappa shape index (κ1) is 10.7. The van der Waals surface area contributed by atoms with E-state index >= 15 is 0 Å². The van der Waals surface area contributed by atoms with Crippen LogP contribution in [0.2, 0.25) is 0 Å². The van der Waals surface area contributed by atoms with Gasteiger partial charge in [-0.1, -0.05) is 6.92 Å². The third-order valence-corrected chi connectivity index (χ3v) is 1.27. The highest BCUT2D eigenvalue weighted by Gasteiger charge is 2.08. The van der Waals surface area contributed by atoms with Gasteiger partial charge in [-0.3, -0.25) is 4.79 Å². The van der Waals surface area contributed by atoms with Crippen molar-refractivity contribution in [3.63, 3.8) is 0 Å². The van der Waals surface area contributed by atoms with Crippen LogP contribution in [0.4, 0.5) is 4.79 Å². The van der Waals surface area contributed by atoms with Crippen molar-refractivity contribution in [2.45, 2.75) is 13.3 Å². The maximum Gasteiger partial charge on any atom is 0.317 e. The van der Waals surface area contributed by atoms with Crippen LogP contribution in [0.1, 0.15) is 13.3 Å². The Morgan fingerprint density at radius 2 is 2.08 bits per heavy atom. The fourth-order valence-corrected chi connectivity index (χ4v) is 0.672. The van der Waals surface area contributed by atoms with Crippen LogP contribution in [0.3, 0.4) is 0 Å². The van der Waals surface area contributed by atoms with Crippen LogP contribution < -0.4 is 11.1 Å². The number of carbonyl (C=O) groups is 2. The predicted molar refractivity (Wildman–Crippen MR) is 45.5 cm³/mol. The fourth-order valence-electron chi connectivity index (χ4n) is 0.672. The van der Waals surface area contributed by atoms with Crippen LogP contribution in [-0.2, 0) is 4.79 Å². The summed E-state index contributed by atoms with van der Waals surface area (Å²) in [6.45, 7) is 2.52. The lowest BCUT2D eigenvalue weighted by molar-refractivity contribution is -0.118. The van der Waals surface area contributed by atoms with Gasteiger partial charge in [0.05, 0.1) is 0 Å². The first-order chi connectivity index (χ1) is 5.57. The molecule has 0 aliphatic rings. The summed E-state index contributed by atoms with van der Waals surface area (Å²) < 4.78 is 0. The summed E-state index contributed by atoms with van der Waals surface area (Å²) >= 11 is 0. The lowest BCUT2D eigenvalue weighted by atomic mass is 10.5. The average molecular weight is 173 g/mol. The molecule has 12 heavy (non-hydrogen) atoms. The van der Waals surface area contributed by atoms with Crippen molar-refractivity contribution in [2.75, 3.05) is 20.1 Å². The van der Waals surface area contributed by atoms with Gasteiger partial charge >= 0.3 is 6.03 Å². The fraction of sp³-hybridized carbons (Fsp3) is 0.714. The Kier molecular flexibility index (Phi) is 4.83. The van der Waals surface area contributed by atoms with E-state index in [1.54, 1.807) is 0 Å². The Hall–Kier alpha value is -1.26. The van der Waals surface area contributed by atoms with Gasteiger partial charge in [-0.2, -0.15) is 0 Å². The largest absolute Gasteiger partial charge is 0.368 e. The molecule has 0 aromatic carbocycles. The first-order valence-corrected chi connectivity index (χ1v) is 3.85. The Balaban J connectivity index is 3.69. The molecule has 0 aromatic heterocycles. The van der Waals surface area contributed by atoms with Gasteiger partial charge in [0.2, 0.25) is 5.91 Å². The summed E-state index contributed by atoms with van der Waals surface area (Å²) in [7, 11) is 1.52. The monoisotopic (exact) mass is 173 g/mol. The van der Waals surface area contributed by atoms with Crippen molar-refractivity contribution < 1.29 is 9.59 Å². The normalized spacial score (nSPS) is 9.17. The molecular weight excluding hydrogens is 158 g/mol. The minimum atomic E-state index is -0.510. The van der Waals surface area contributed by atoms with Crippen LogP contribution in [0.5, 0.6) is 0 Å². The van der Waals surface area contributed by atoms with Gasteiger partial charge in [-0.15, -0.1) is 0 Å². The molecular formula is C7H15N3O2. The smallest absolute Gasteiger partial charge is 0.317 e. The zero-order valence-electron chi connectivity index (χ0n) is 7.46. The molecule has 0 radical (unpaired) electrons. The van der Waals surface area contributed by atoms with E-state index < -0.39 is 5.91 Å². The minimum absolute atomic E-state index is 0.0461. The van der Waals surface area contributed by atoms with Gasteiger partial charge in [0, 0.05) is 13.6 Å². The number of hydrogen-bond acceptors (Lipinski definition) is 2. The number of rotatable bonds is 4. The number of amides is 3. The number of nitrogens with zero attached hydrogens (tertiary/aromatic N) is 1. The highest BCUT2D eigenvalue weighted by molar-refractivity contribution is 5.82. The second-order valence-corrected chi connectivity index (χ2v) is 2.55. The molecule has 0 fully saturated rings. The molecule has 3 amide bonds. The third-order valence-electron chi connectivity index (χ3n) is 1.27. The van der Waals surface area contributed by atoms with Gasteiger partial charge in [0.15, 0.2) is 0 Å². The van der Waals surface area contributed by atoms with Crippen molar-refractivity contribution in [3.8, 4) is 0 Å². The van der Waals surface area contributed by atoms with Crippen LogP contribution in [0.25, 0.3) is 0 Å². The van der Waals surface area contributed by atoms with E-state index in [0.717, 1.165) is 6.42 Å². The van der Waals surface area contributed by atoms with Crippen molar-refractivity contribution in [1.82, 2.24) is 10.2 Å². The maximum absolute atomic E-state index is 11.0. The molecule has 5 heteroatoms. The lowest BCUT2D eigenvalue weighted by Crippen LogP contribution is -2.42. The molecule has 0 saturated carbocycles. The van der Waals surface area contributed by atoms with Crippen LogP contribution in [0, 0.1) is 0 Å². The van der Waals surface area contributed by atoms with Gasteiger partial charge in [0.25, 0.3) is 0 Å². The first-order valence-electron chi connectivity index (χ1n) is 3.85. The zero-order chi connectivity index (χ0) is 9.56. The summed E-state index contributed by atoms with van der Waals surface area (Å²) in [4.78, 5) is 22.7. The van der Waals surface area contributed by atoms with Crippen LogP contribution in [-0.4, -0.2) is 37.0 Å². The molecule has 70 valence electrons. The van der Waals surface area contributed by atoms with Gasteiger partial charge in [-0.25, -0.2) is 4.79 Å². The Labute approximate surface area is 71.9 Å². The number of primary amides is 1. The van der Waals surface area contributed by atoms with Crippen molar-refractivity contribution in [3.05, 3.63) is 0 Å². The average Bonchev–Trinajstić information content (AvgIpc) is 1.98. The molecule has 0 spiro atoms. The summed E-state index contributed by atoms with van der Waals surface area (Å²) in [5.74, 6) is -0.510. The number of nitrogens with two attached hydrogens (primary N) is 1. The second kappa shape index (κ2) is 5.40. The maximum atomic E-state index is 11.0. The van der Waals surface area contributed by atoms with E-state index in [1.165, 1.54) is 11.9 Å². The van der Waals surface area contributed by atoms with E-state index in [0.29, 0.717) is 6.54 Å². The topological polar surface area (TPSA) is 75.4 Å². The summed E-state index contributed by atoms with van der Waals surface area (Å²) in [6.07, 6.45) is 0.871. The van der Waals surface area contributed by atoms with Crippen LogP contribution in [0.15, 0.2) is 0 Å². The highest BCUT2D eigenvalue weighted by atomic mass is 16.2. The minimum Gasteiger partial charge on any atom is -0.368 e. The van der Waals surface area contributed by atoms with E-state index in [2.05, 4.69) is 5.32 Å². The number of hydrogen-bond donors (Lipinski definition) is 2. The summed E-state index contributed by atoms with van der Waals surface area (Å²) in [6, 6.07) is -0.268. The van der Waals surface area contributed by atoms with Gasteiger partial charge < -0.3 is 16.0 Å². The molecule has 5 nitrogen and oxygen atoms in total. The molecule has 0 rings (SSSR count). The van der Waals surface area contributed by atoms with Crippen molar-refractivity contribution in [1.29, 1.82) is 0 Å². The summed E-state index contributed by atoms with van der Waals surface area (Å²) in [5, 5.41) is 2.62. The molecule has 0 saturated heterocycles. The molecule has 0 aliphatic heterocycles. The van der Waals surface area contributed by atoms with E-state index in [1.807, 2.05) is 6.92 Å². The number of carbonyl (C=O) groups excluding carboxylic acids is 2. The number of nitrogens with one attached hydrogen (secondary N) is 1. The molecule has 0 atom stereocenters. The SMILES string of the molecule is CCCNC(=O)N(C)CC(N)=O. The zero-order valence-corrected chi connectivity index (χ0v) is 7.46. The number of urea groups is 1. The van der Waals surface area contributed by atoms with Crippen molar-refractivity contribution >= 4 is 11.9 Å². The third kappa shape index (κ3) is 4.54. The molecule has 3 N–H and O–H groups in total. The Bertz CT molecular complexity index is 170. The van der Waals surface area contributed by atoms with Gasteiger partial charge in [-0.05, 0) is 6.42 Å². The van der Waals surface area contributed by atoms with E-state index in [-0.39, 0.29) is 12.6 Å². The quantitative estimate of drug-likeness (QED) is 0.602. The standard InChI is InChI=1S/C7H15N3O2/c1-3-4-9-7(12)10(2)5-6(8)11/h3-5H2,1-2H3,(H2,8,11)(H,9,12). The second-order valence-electron chi connectivity index (χ2n) is 2.55. The van der Waals surface area contributed by atoms with Crippen LogP contribution >= 0.6 is 0 Å². The molecule has 0 heterocycles. The number of likely N-dealkylation sites (N-methyl/N-ethyl adjacent to an activating group) is 1. The van der Waals surface area contributed by atoms with Crippen molar-refractivity contribution in [2.24, 2.45) is 5.73 Å². The predicted octanol–water partition coefficient (Wildman–Crippen LogP) is -0.477. The van der Waals surface area contributed by atoms with Gasteiger partial charge in [0.1, 0.15) is 6.54 Å². The molecule has 0 aliphatic carbocycles. The lowest BCUT2D eigenvalue weighted by Gasteiger charge is -2.15. The highest BCUT2D eigenvalue weighted by Crippen LogP contribution is 1.83. The Morgan fingerprint density at radius 1 is 1.50 bits per heavy atom. The molecule has 0 bridgehead atoms. The molecule has 0 unspecified atom stereocenters. The molecule has 0 aromatic rings.